The first kappa shape index (κ1) is 34.1. The van der Waals surface area contributed by atoms with E-state index in [2.05, 4.69) is 149 Å². The molecule has 8 heterocycles. The summed E-state index contributed by atoms with van der Waals surface area (Å²) in [6, 6.07) is 18.9. The largest absolute Gasteiger partial charge is 0.307 e. The number of hydrogen-bond donors (Lipinski definition) is 0. The van der Waals surface area contributed by atoms with Crippen molar-refractivity contribution in [3.8, 4) is 0 Å². The van der Waals surface area contributed by atoms with E-state index in [1.807, 2.05) is 66.2 Å². The number of pyridine rings is 4. The molecular formula is C40H48N8. The standard InChI is InChI=1S/4C10H12N2/c1-8(2)9-3-5-12-6-4-11-10(12)7-9;1-8(2)9-3-4-10-11-5-6-12(10)7-9;1-8(2)9-4-3-6-12-7-5-11-10(9)12;1-8(2)9-4-3-5-10-11-6-7-12(9)10/h4*3-8H,1-2H3. The Morgan fingerprint density at radius 1 is 0.458 bits per heavy atom. The van der Waals surface area contributed by atoms with Gasteiger partial charge in [-0.1, -0.05) is 73.6 Å². The van der Waals surface area contributed by atoms with Crippen molar-refractivity contribution < 1.29 is 0 Å². The highest BCUT2D eigenvalue weighted by atomic mass is 15.0. The van der Waals surface area contributed by atoms with Crippen LogP contribution in [0.3, 0.4) is 0 Å². The van der Waals surface area contributed by atoms with Crippen LogP contribution in [0.15, 0.2) is 123 Å². The molecule has 8 nitrogen and oxygen atoms in total. The third kappa shape index (κ3) is 8.18. The molecule has 8 rings (SSSR count). The smallest absolute Gasteiger partial charge is 0.140 e. The Kier molecular flexibility index (Phi) is 11.1. The molecule has 8 aromatic rings. The molecule has 0 saturated carbocycles. The van der Waals surface area contributed by atoms with E-state index in [9.17, 15) is 0 Å². The van der Waals surface area contributed by atoms with Crippen LogP contribution in [-0.4, -0.2) is 37.5 Å². The topological polar surface area (TPSA) is 69.2 Å². The van der Waals surface area contributed by atoms with Crippen LogP contribution in [0.1, 0.15) is 101 Å². The summed E-state index contributed by atoms with van der Waals surface area (Å²) in [5, 5.41) is 0. The van der Waals surface area contributed by atoms with Gasteiger partial charge in [-0.2, -0.15) is 0 Å². The van der Waals surface area contributed by atoms with Gasteiger partial charge in [-0.05, 0) is 76.8 Å². The van der Waals surface area contributed by atoms with Crippen molar-refractivity contribution >= 4 is 22.6 Å². The monoisotopic (exact) mass is 640 g/mol. The van der Waals surface area contributed by atoms with Gasteiger partial charge >= 0.3 is 0 Å². The fourth-order valence-corrected chi connectivity index (χ4v) is 5.43. The number of rotatable bonds is 4. The molecule has 0 saturated heterocycles. The molecule has 0 aliphatic rings. The third-order valence-corrected chi connectivity index (χ3v) is 8.29. The van der Waals surface area contributed by atoms with Gasteiger partial charge in [-0.25, -0.2) is 19.9 Å². The molecular weight excluding hydrogens is 592 g/mol. The van der Waals surface area contributed by atoms with Gasteiger partial charge in [0.05, 0.1) is 0 Å². The molecule has 248 valence electrons. The van der Waals surface area contributed by atoms with Crippen LogP contribution in [0.2, 0.25) is 0 Å². The van der Waals surface area contributed by atoms with Crippen molar-refractivity contribution in [2.45, 2.75) is 79.1 Å². The number of fused-ring (bicyclic) bond motifs is 4. The minimum atomic E-state index is 0.538. The van der Waals surface area contributed by atoms with E-state index in [0.717, 1.165) is 22.6 Å². The molecule has 0 amide bonds. The van der Waals surface area contributed by atoms with Crippen LogP contribution in [0.4, 0.5) is 0 Å². The maximum atomic E-state index is 4.30. The molecule has 0 aliphatic heterocycles. The van der Waals surface area contributed by atoms with Gasteiger partial charge in [0.25, 0.3) is 0 Å². The lowest BCUT2D eigenvalue weighted by molar-refractivity contribution is 0.801. The SMILES string of the molecule is CC(C)c1ccc2nccn2c1.CC(C)c1cccc2nccn12.CC(C)c1cccn2ccnc12.CC(C)c1ccn2ccnc2c1. The second kappa shape index (κ2) is 15.6. The summed E-state index contributed by atoms with van der Waals surface area (Å²) in [5.41, 5.74) is 9.45. The summed E-state index contributed by atoms with van der Waals surface area (Å²) in [6.45, 7) is 17.5. The third-order valence-electron chi connectivity index (χ3n) is 8.29. The maximum Gasteiger partial charge on any atom is 0.140 e. The lowest BCUT2D eigenvalue weighted by Gasteiger charge is -2.07. The van der Waals surface area contributed by atoms with E-state index in [-0.39, 0.29) is 0 Å². The quantitative estimate of drug-likeness (QED) is 0.192. The van der Waals surface area contributed by atoms with Crippen molar-refractivity contribution in [3.63, 3.8) is 0 Å². The summed E-state index contributed by atoms with van der Waals surface area (Å²) in [5.74, 6) is 2.24. The van der Waals surface area contributed by atoms with Crippen LogP contribution in [0.5, 0.6) is 0 Å². The molecule has 8 heteroatoms. The lowest BCUT2D eigenvalue weighted by Crippen LogP contribution is -1.96. The van der Waals surface area contributed by atoms with Crippen molar-refractivity contribution in [3.05, 3.63) is 145 Å². The van der Waals surface area contributed by atoms with Gasteiger partial charge in [0.1, 0.15) is 22.6 Å². The minimum Gasteiger partial charge on any atom is -0.307 e. The Morgan fingerprint density at radius 3 is 1.85 bits per heavy atom. The van der Waals surface area contributed by atoms with Crippen molar-refractivity contribution in [1.29, 1.82) is 0 Å². The number of aromatic nitrogens is 8. The van der Waals surface area contributed by atoms with Crippen LogP contribution in [-0.2, 0) is 0 Å². The predicted octanol–water partition coefficient (Wildman–Crippen LogP) is 9.83. The summed E-state index contributed by atoms with van der Waals surface area (Å²) in [6.07, 6.45) is 21.4. The average molecular weight is 641 g/mol. The number of hydrogen-bond acceptors (Lipinski definition) is 4. The van der Waals surface area contributed by atoms with Crippen LogP contribution < -0.4 is 0 Å². The molecule has 0 aliphatic carbocycles. The van der Waals surface area contributed by atoms with Crippen molar-refractivity contribution in [2.75, 3.05) is 0 Å². The van der Waals surface area contributed by atoms with Gasteiger partial charge in [0.2, 0.25) is 0 Å². The highest BCUT2D eigenvalue weighted by Crippen LogP contribution is 2.19. The Hall–Kier alpha value is -5.24. The zero-order valence-corrected chi connectivity index (χ0v) is 29.4. The fraction of sp³-hybridized carbons (Fsp3) is 0.300. The Balaban J connectivity index is 0.000000125. The van der Waals surface area contributed by atoms with Gasteiger partial charge in [-0.3, -0.25) is 0 Å². The zero-order valence-electron chi connectivity index (χ0n) is 29.4. The second-order valence-electron chi connectivity index (χ2n) is 13.2. The van der Waals surface area contributed by atoms with E-state index in [1.54, 1.807) is 0 Å². The zero-order chi connectivity index (χ0) is 34.2. The van der Waals surface area contributed by atoms with E-state index < -0.39 is 0 Å². The van der Waals surface area contributed by atoms with Gasteiger partial charge in [0.15, 0.2) is 0 Å². The summed E-state index contributed by atoms with van der Waals surface area (Å²) in [4.78, 5) is 16.9. The molecule has 0 spiro atoms. The molecule has 0 aromatic carbocycles. The molecule has 8 aromatic heterocycles. The molecule has 0 radical (unpaired) electrons. The van der Waals surface area contributed by atoms with Crippen molar-refractivity contribution in [1.82, 2.24) is 37.5 Å². The first-order valence-electron chi connectivity index (χ1n) is 16.8. The summed E-state index contributed by atoms with van der Waals surface area (Å²) < 4.78 is 8.25. The Morgan fingerprint density at radius 2 is 1.12 bits per heavy atom. The fourth-order valence-electron chi connectivity index (χ4n) is 5.43. The Labute approximate surface area is 283 Å². The molecule has 0 N–H and O–H groups in total. The first-order chi connectivity index (χ1) is 23.1. The molecule has 0 unspecified atom stereocenters. The predicted molar refractivity (Wildman–Crippen MR) is 197 cm³/mol. The number of nitrogens with zero attached hydrogens (tertiary/aromatic N) is 8. The maximum absolute atomic E-state index is 4.30. The van der Waals surface area contributed by atoms with Gasteiger partial charge in [-0.15, -0.1) is 0 Å². The molecule has 0 fully saturated rings. The highest BCUT2D eigenvalue weighted by molar-refractivity contribution is 5.49. The molecule has 48 heavy (non-hydrogen) atoms. The Bertz CT molecular complexity index is 2020. The van der Waals surface area contributed by atoms with E-state index in [0.29, 0.717) is 23.7 Å². The van der Waals surface area contributed by atoms with Crippen molar-refractivity contribution in [2.24, 2.45) is 0 Å². The van der Waals surface area contributed by atoms with Crippen LogP contribution in [0, 0.1) is 0 Å². The minimum absolute atomic E-state index is 0.538. The average Bonchev–Trinajstić information content (AvgIpc) is 3.90. The first-order valence-corrected chi connectivity index (χ1v) is 16.8. The summed E-state index contributed by atoms with van der Waals surface area (Å²) in [7, 11) is 0. The van der Waals surface area contributed by atoms with E-state index in [4.69, 9.17) is 0 Å². The van der Waals surface area contributed by atoms with Crippen LogP contribution in [0.25, 0.3) is 22.6 Å². The highest BCUT2D eigenvalue weighted by Gasteiger charge is 2.05. The lowest BCUT2D eigenvalue weighted by atomic mass is 10.1. The van der Waals surface area contributed by atoms with E-state index in [1.165, 1.54) is 22.4 Å². The normalized spacial score (nSPS) is 11.2. The molecule has 0 atom stereocenters. The van der Waals surface area contributed by atoms with Gasteiger partial charge < -0.3 is 17.6 Å². The number of imidazole rings is 4. The molecule has 0 bridgehead atoms. The second-order valence-corrected chi connectivity index (χ2v) is 13.2. The van der Waals surface area contributed by atoms with Crippen LogP contribution >= 0.6 is 0 Å². The van der Waals surface area contributed by atoms with Gasteiger partial charge in [0, 0.05) is 73.9 Å². The summed E-state index contributed by atoms with van der Waals surface area (Å²) >= 11 is 0. The van der Waals surface area contributed by atoms with E-state index >= 15 is 0 Å².